The van der Waals surface area contributed by atoms with Crippen LogP contribution in [0.4, 0.5) is 28.0 Å². The topological polar surface area (TPSA) is 78.4 Å². The van der Waals surface area contributed by atoms with Gasteiger partial charge >= 0.3 is 24.3 Å². The molecule has 1 aromatic carbocycles. The fraction of sp³-hybridized carbons (Fsp3) is 0.273. The smallest absolute Gasteiger partial charge is 0.337 e. The molecule has 0 heterocycles. The van der Waals surface area contributed by atoms with E-state index in [1.54, 1.807) is 5.32 Å². The van der Waals surface area contributed by atoms with Crippen LogP contribution in [-0.2, 0) is 0 Å². The monoisotopic (exact) mass is 420 g/mol. The van der Waals surface area contributed by atoms with Crippen molar-refractivity contribution in [1.29, 1.82) is 0 Å². The van der Waals surface area contributed by atoms with E-state index in [4.69, 9.17) is 5.11 Å². The van der Waals surface area contributed by atoms with Crippen molar-refractivity contribution in [1.82, 2.24) is 5.32 Å². The molecule has 21 heavy (non-hydrogen) atoms. The van der Waals surface area contributed by atoms with E-state index in [9.17, 15) is 27.2 Å². The molecule has 0 aliphatic rings. The maximum Gasteiger partial charge on any atom is 0.337 e. The Morgan fingerprint density at radius 1 is 1.33 bits per heavy atom. The van der Waals surface area contributed by atoms with Gasteiger partial charge in [-0.1, -0.05) is 0 Å². The van der Waals surface area contributed by atoms with E-state index in [0.29, 0.717) is 3.57 Å². The van der Waals surface area contributed by atoms with Gasteiger partial charge < -0.3 is 15.7 Å². The highest BCUT2D eigenvalue weighted by Gasteiger charge is 2.40. The Morgan fingerprint density at radius 2 is 1.95 bits per heavy atom. The Balaban J connectivity index is 2.74. The highest BCUT2D eigenvalue weighted by Crippen LogP contribution is 2.22. The Kier molecular flexibility index (Phi) is 5.75. The summed E-state index contributed by atoms with van der Waals surface area (Å²) in [6.45, 7) is -1.57. The molecular formula is C11H9F4IN2O3. The summed E-state index contributed by atoms with van der Waals surface area (Å²) < 4.78 is 49.6. The molecule has 0 saturated heterocycles. The lowest BCUT2D eigenvalue weighted by atomic mass is 10.2. The minimum absolute atomic E-state index is 0.138. The third-order valence-corrected chi connectivity index (χ3v) is 2.94. The summed E-state index contributed by atoms with van der Waals surface area (Å²) in [6, 6.07) is 2.79. The molecule has 0 radical (unpaired) electrons. The van der Waals surface area contributed by atoms with Crippen LogP contribution in [0.25, 0.3) is 0 Å². The fourth-order valence-corrected chi connectivity index (χ4v) is 1.74. The predicted octanol–water partition coefficient (Wildman–Crippen LogP) is 3.01. The van der Waals surface area contributed by atoms with Crippen molar-refractivity contribution in [3.05, 3.63) is 27.3 Å². The van der Waals surface area contributed by atoms with E-state index in [0.717, 1.165) is 0 Å². The van der Waals surface area contributed by atoms with Crippen molar-refractivity contribution < 1.29 is 32.3 Å². The van der Waals surface area contributed by atoms with Crippen molar-refractivity contribution in [2.24, 2.45) is 0 Å². The lowest BCUT2D eigenvalue weighted by Gasteiger charge is -2.16. The summed E-state index contributed by atoms with van der Waals surface area (Å²) in [5.74, 6) is -5.69. The Bertz CT molecular complexity index is 554. The van der Waals surface area contributed by atoms with Gasteiger partial charge in [-0.2, -0.15) is 8.78 Å². The molecule has 0 unspecified atom stereocenters. The third kappa shape index (κ3) is 5.02. The van der Waals surface area contributed by atoms with Gasteiger partial charge in [-0.25, -0.2) is 18.4 Å². The number of halogens is 5. The lowest BCUT2D eigenvalue weighted by Crippen LogP contribution is -2.43. The highest BCUT2D eigenvalue weighted by molar-refractivity contribution is 14.1. The number of carboxylic acid groups (broad SMARTS) is 1. The van der Waals surface area contributed by atoms with Gasteiger partial charge in [-0.3, -0.25) is 0 Å². The zero-order chi connectivity index (χ0) is 16.2. The first-order valence-corrected chi connectivity index (χ1v) is 6.45. The van der Waals surface area contributed by atoms with Gasteiger partial charge in [-0.05, 0) is 40.8 Å². The molecule has 10 heteroatoms. The van der Waals surface area contributed by atoms with Crippen LogP contribution in [0.5, 0.6) is 0 Å². The second-order valence-electron chi connectivity index (χ2n) is 3.86. The maximum atomic E-state index is 12.6. The zero-order valence-electron chi connectivity index (χ0n) is 10.2. The second kappa shape index (κ2) is 6.91. The van der Waals surface area contributed by atoms with E-state index in [2.05, 4.69) is 0 Å². The molecule has 0 spiro atoms. The molecule has 0 saturated carbocycles. The molecule has 0 fully saturated rings. The molecule has 3 N–H and O–H groups in total. The van der Waals surface area contributed by atoms with Gasteiger partial charge in [0, 0.05) is 3.57 Å². The van der Waals surface area contributed by atoms with Gasteiger partial charge in [0.15, 0.2) is 0 Å². The first-order chi connectivity index (χ1) is 9.63. The number of benzene rings is 1. The molecule has 0 bridgehead atoms. The third-order valence-electron chi connectivity index (χ3n) is 2.26. The number of urea groups is 1. The average Bonchev–Trinajstić information content (AvgIpc) is 2.38. The highest BCUT2D eigenvalue weighted by atomic mass is 127. The summed E-state index contributed by atoms with van der Waals surface area (Å²) in [7, 11) is 0. The van der Waals surface area contributed by atoms with Crippen LogP contribution in [0.2, 0.25) is 0 Å². The normalized spacial score (nSPS) is 11.3. The Morgan fingerprint density at radius 3 is 2.48 bits per heavy atom. The second-order valence-corrected chi connectivity index (χ2v) is 5.11. The fourth-order valence-electron chi connectivity index (χ4n) is 1.24. The van der Waals surface area contributed by atoms with Crippen LogP contribution < -0.4 is 10.6 Å². The summed E-state index contributed by atoms with van der Waals surface area (Å²) in [5.41, 5.74) is -0.390. The number of rotatable bonds is 5. The Hall–Kier alpha value is -1.59. The average molecular weight is 420 g/mol. The first-order valence-electron chi connectivity index (χ1n) is 5.37. The molecule has 0 aliphatic carbocycles. The number of hydrogen-bond acceptors (Lipinski definition) is 2. The van der Waals surface area contributed by atoms with E-state index < -0.39 is 30.9 Å². The minimum atomic E-state index is -4.36. The van der Waals surface area contributed by atoms with Crippen molar-refractivity contribution >= 4 is 40.3 Å². The van der Waals surface area contributed by atoms with Crippen LogP contribution in [0.3, 0.4) is 0 Å². The van der Waals surface area contributed by atoms with Crippen LogP contribution >= 0.6 is 22.6 Å². The molecule has 1 rings (SSSR count). The SMILES string of the molecule is O=C(NCC(F)(F)C(F)F)Nc1ccc(I)cc1C(=O)O. The summed E-state index contributed by atoms with van der Waals surface area (Å²) in [4.78, 5) is 22.3. The zero-order valence-corrected chi connectivity index (χ0v) is 12.3. The van der Waals surface area contributed by atoms with Gasteiger partial charge in [0.05, 0.1) is 17.8 Å². The minimum Gasteiger partial charge on any atom is -0.478 e. The van der Waals surface area contributed by atoms with Crippen molar-refractivity contribution in [2.75, 3.05) is 11.9 Å². The first kappa shape index (κ1) is 17.5. The van der Waals surface area contributed by atoms with Crippen molar-refractivity contribution in [3.63, 3.8) is 0 Å². The van der Waals surface area contributed by atoms with Gasteiger partial charge in [-0.15, -0.1) is 0 Å². The molecule has 0 atom stereocenters. The van der Waals surface area contributed by atoms with E-state index in [1.165, 1.54) is 18.2 Å². The molecule has 5 nitrogen and oxygen atoms in total. The molecule has 1 aromatic rings. The summed E-state index contributed by atoms with van der Waals surface area (Å²) in [5, 5.41) is 12.5. The largest absolute Gasteiger partial charge is 0.478 e. The Labute approximate surface area is 129 Å². The molecule has 2 amide bonds. The lowest BCUT2D eigenvalue weighted by molar-refractivity contribution is -0.123. The molecule has 0 aliphatic heterocycles. The van der Waals surface area contributed by atoms with Crippen LogP contribution in [0, 0.1) is 3.57 Å². The molecule has 116 valence electrons. The van der Waals surface area contributed by atoms with Crippen LogP contribution in [0.1, 0.15) is 10.4 Å². The number of carboxylic acids is 1. The van der Waals surface area contributed by atoms with Gasteiger partial charge in [0.2, 0.25) is 0 Å². The summed E-state index contributed by atoms with van der Waals surface area (Å²) in [6.07, 6.45) is -3.91. The standard InChI is InChI=1S/C11H9F4IN2O3/c12-9(13)11(14,15)4-17-10(21)18-7-2-1-5(16)3-6(7)8(19)20/h1-3,9H,4H2,(H,19,20)(H2,17,18,21). The number of aromatic carboxylic acids is 1. The summed E-state index contributed by atoms with van der Waals surface area (Å²) >= 11 is 1.85. The van der Waals surface area contributed by atoms with Gasteiger partial charge in [0.25, 0.3) is 0 Å². The number of carbonyl (C=O) groups excluding carboxylic acids is 1. The number of hydrogen-bond donors (Lipinski definition) is 3. The quantitative estimate of drug-likeness (QED) is 0.507. The van der Waals surface area contributed by atoms with Gasteiger partial charge in [0.1, 0.15) is 0 Å². The number of amides is 2. The number of carbonyl (C=O) groups is 2. The molecular weight excluding hydrogens is 411 g/mol. The van der Waals surface area contributed by atoms with E-state index in [1.807, 2.05) is 27.9 Å². The van der Waals surface area contributed by atoms with E-state index in [-0.39, 0.29) is 11.3 Å². The van der Waals surface area contributed by atoms with Crippen LogP contribution in [0.15, 0.2) is 18.2 Å². The van der Waals surface area contributed by atoms with Crippen molar-refractivity contribution in [2.45, 2.75) is 12.3 Å². The molecule has 0 aromatic heterocycles. The number of anilines is 1. The number of alkyl halides is 4. The van der Waals surface area contributed by atoms with Crippen molar-refractivity contribution in [3.8, 4) is 0 Å². The maximum absolute atomic E-state index is 12.6. The van der Waals surface area contributed by atoms with E-state index >= 15 is 0 Å². The number of nitrogens with one attached hydrogen (secondary N) is 2. The van der Waals surface area contributed by atoms with Crippen LogP contribution in [-0.4, -0.2) is 36.0 Å². The predicted molar refractivity (Wildman–Crippen MR) is 74.1 cm³/mol.